The molecule has 1 aliphatic carbocycles. The molecule has 7 nitrogen and oxygen atoms in total. The summed E-state index contributed by atoms with van der Waals surface area (Å²) in [6.07, 6.45) is 6.13. The van der Waals surface area contributed by atoms with Crippen molar-refractivity contribution in [2.24, 2.45) is 5.92 Å². The van der Waals surface area contributed by atoms with Gasteiger partial charge in [-0.3, -0.25) is 4.90 Å². The Labute approximate surface area is 162 Å². The molecule has 0 heterocycles. The van der Waals surface area contributed by atoms with Crippen molar-refractivity contribution in [3.63, 3.8) is 0 Å². The number of carbonyl (C=O) groups is 3. The summed E-state index contributed by atoms with van der Waals surface area (Å²) in [5, 5.41) is 9.48. The summed E-state index contributed by atoms with van der Waals surface area (Å²) in [6.45, 7) is 8.36. The molecule has 0 unspecified atom stereocenters. The largest absolute Gasteiger partial charge is 0.480 e. The van der Waals surface area contributed by atoms with Gasteiger partial charge in [-0.25, -0.2) is 14.4 Å². The Bertz CT molecular complexity index is 507. The summed E-state index contributed by atoms with van der Waals surface area (Å²) in [5.41, 5.74) is -0.795. The molecule has 1 fully saturated rings. The maximum atomic E-state index is 12.7. The third-order valence-corrected chi connectivity index (χ3v) is 4.85. The standard InChI is InChI=1S/C20H35NO6/c1-6-26-18(24)16(13-12-15-10-8-7-9-11-15)21(14(2)17(22)23)19(25)27-20(3,4)5/h14-16H,6-13H2,1-5H3,(H,22,23)/t14-,16-/m0/s1. The Hall–Kier alpha value is -1.79. The van der Waals surface area contributed by atoms with E-state index in [0.717, 1.165) is 24.2 Å². The normalized spacial score (nSPS) is 17.7. The first-order valence-electron chi connectivity index (χ1n) is 9.97. The van der Waals surface area contributed by atoms with E-state index < -0.39 is 35.7 Å². The van der Waals surface area contributed by atoms with Crippen molar-refractivity contribution < 1.29 is 29.0 Å². The number of hydrogen-bond donors (Lipinski definition) is 1. The van der Waals surface area contributed by atoms with Gasteiger partial charge in [0.25, 0.3) is 0 Å². The van der Waals surface area contributed by atoms with Gasteiger partial charge in [-0.2, -0.15) is 0 Å². The third-order valence-electron chi connectivity index (χ3n) is 4.85. The van der Waals surface area contributed by atoms with Crippen LogP contribution >= 0.6 is 0 Å². The van der Waals surface area contributed by atoms with Crippen LogP contribution in [0.4, 0.5) is 4.79 Å². The van der Waals surface area contributed by atoms with Crippen molar-refractivity contribution in [3.8, 4) is 0 Å². The van der Waals surface area contributed by atoms with Gasteiger partial charge in [0.15, 0.2) is 0 Å². The number of ether oxygens (including phenoxy) is 2. The van der Waals surface area contributed by atoms with E-state index in [2.05, 4.69) is 0 Å². The van der Waals surface area contributed by atoms with Crippen LogP contribution in [0, 0.1) is 5.92 Å². The minimum atomic E-state index is -1.19. The molecule has 0 aliphatic heterocycles. The molecule has 0 aromatic heterocycles. The lowest BCUT2D eigenvalue weighted by Gasteiger charge is -2.35. The van der Waals surface area contributed by atoms with Gasteiger partial charge >= 0.3 is 18.0 Å². The number of esters is 1. The van der Waals surface area contributed by atoms with Gasteiger partial charge in [-0.1, -0.05) is 32.1 Å². The molecule has 0 radical (unpaired) electrons. The summed E-state index contributed by atoms with van der Waals surface area (Å²) in [5.74, 6) is -1.27. The fourth-order valence-corrected chi connectivity index (χ4v) is 3.47. The van der Waals surface area contributed by atoms with Crippen molar-refractivity contribution in [1.82, 2.24) is 4.90 Å². The number of hydrogen-bond acceptors (Lipinski definition) is 5. The van der Waals surface area contributed by atoms with Gasteiger partial charge in [-0.05, 0) is 53.4 Å². The molecule has 0 spiro atoms. The lowest BCUT2D eigenvalue weighted by molar-refractivity contribution is -0.154. The second-order valence-electron chi connectivity index (χ2n) is 8.25. The topological polar surface area (TPSA) is 93.1 Å². The van der Waals surface area contributed by atoms with Crippen molar-refractivity contribution in [2.75, 3.05) is 6.61 Å². The van der Waals surface area contributed by atoms with Crippen LogP contribution < -0.4 is 0 Å². The highest BCUT2D eigenvalue weighted by Crippen LogP contribution is 2.29. The average molecular weight is 386 g/mol. The molecule has 2 atom stereocenters. The molecule has 0 bridgehead atoms. The molecule has 1 amide bonds. The predicted molar refractivity (Wildman–Crippen MR) is 101 cm³/mol. The summed E-state index contributed by atoms with van der Waals surface area (Å²) in [7, 11) is 0. The maximum Gasteiger partial charge on any atom is 0.411 e. The van der Waals surface area contributed by atoms with Crippen molar-refractivity contribution in [3.05, 3.63) is 0 Å². The fraction of sp³-hybridized carbons (Fsp3) is 0.850. The van der Waals surface area contributed by atoms with Gasteiger partial charge < -0.3 is 14.6 Å². The maximum absolute atomic E-state index is 12.7. The number of carboxylic acids is 1. The van der Waals surface area contributed by atoms with Crippen LogP contribution in [0.5, 0.6) is 0 Å². The second kappa shape index (κ2) is 10.5. The van der Waals surface area contributed by atoms with Crippen LogP contribution in [0.1, 0.15) is 79.6 Å². The number of carboxylic acid groups (broad SMARTS) is 1. The molecule has 1 rings (SSSR count). The van der Waals surface area contributed by atoms with Gasteiger partial charge in [0.05, 0.1) is 6.61 Å². The number of aliphatic carboxylic acids is 1. The van der Waals surface area contributed by atoms with Crippen molar-refractivity contribution >= 4 is 18.0 Å². The molecule has 27 heavy (non-hydrogen) atoms. The Kier molecular flexibility index (Phi) is 9.06. The van der Waals surface area contributed by atoms with E-state index in [4.69, 9.17) is 9.47 Å². The number of carbonyl (C=O) groups excluding carboxylic acids is 2. The van der Waals surface area contributed by atoms with Crippen LogP contribution in [0.3, 0.4) is 0 Å². The van der Waals surface area contributed by atoms with Crippen LogP contribution in [-0.2, 0) is 19.1 Å². The van der Waals surface area contributed by atoms with Gasteiger partial charge in [0.2, 0.25) is 0 Å². The minimum Gasteiger partial charge on any atom is -0.480 e. The second-order valence-corrected chi connectivity index (χ2v) is 8.25. The van der Waals surface area contributed by atoms with Crippen molar-refractivity contribution in [2.45, 2.75) is 97.2 Å². The van der Waals surface area contributed by atoms with E-state index >= 15 is 0 Å². The molecule has 0 aromatic rings. The highest BCUT2D eigenvalue weighted by atomic mass is 16.6. The van der Waals surface area contributed by atoms with E-state index in [9.17, 15) is 19.5 Å². The first-order valence-corrected chi connectivity index (χ1v) is 9.97. The van der Waals surface area contributed by atoms with Crippen LogP contribution in [-0.4, -0.2) is 52.3 Å². The van der Waals surface area contributed by atoms with Crippen LogP contribution in [0.15, 0.2) is 0 Å². The first kappa shape index (κ1) is 23.2. The monoisotopic (exact) mass is 385 g/mol. The Morgan fingerprint density at radius 3 is 2.22 bits per heavy atom. The Balaban J connectivity index is 3.04. The minimum absolute atomic E-state index is 0.169. The highest BCUT2D eigenvalue weighted by molar-refractivity contribution is 5.86. The summed E-state index contributed by atoms with van der Waals surface area (Å²) >= 11 is 0. The zero-order valence-corrected chi connectivity index (χ0v) is 17.3. The quantitative estimate of drug-likeness (QED) is 0.635. The van der Waals surface area contributed by atoms with Crippen LogP contribution in [0.25, 0.3) is 0 Å². The summed E-state index contributed by atoms with van der Waals surface area (Å²) in [6, 6.07) is -2.16. The van der Waals surface area contributed by atoms with Crippen molar-refractivity contribution in [1.29, 1.82) is 0 Å². The number of nitrogens with zero attached hydrogens (tertiary/aromatic N) is 1. The van der Waals surface area contributed by atoms with Gasteiger partial charge in [-0.15, -0.1) is 0 Å². The van der Waals surface area contributed by atoms with Crippen LogP contribution in [0.2, 0.25) is 0 Å². The molecule has 156 valence electrons. The SMILES string of the molecule is CCOC(=O)[C@H](CCC1CCCCC1)N(C(=O)OC(C)(C)C)[C@@H](C)C(=O)O. The first-order chi connectivity index (χ1) is 12.6. The molecular weight excluding hydrogens is 350 g/mol. The average Bonchev–Trinajstić information content (AvgIpc) is 2.57. The molecule has 0 saturated heterocycles. The molecule has 0 aromatic carbocycles. The number of amides is 1. The van der Waals surface area contributed by atoms with E-state index in [0.29, 0.717) is 12.3 Å². The van der Waals surface area contributed by atoms with E-state index in [-0.39, 0.29) is 6.61 Å². The molecule has 7 heteroatoms. The van der Waals surface area contributed by atoms with E-state index in [1.54, 1.807) is 27.7 Å². The fourth-order valence-electron chi connectivity index (χ4n) is 3.47. The summed E-state index contributed by atoms with van der Waals surface area (Å²) < 4.78 is 10.5. The van der Waals surface area contributed by atoms with E-state index in [1.165, 1.54) is 26.2 Å². The zero-order valence-electron chi connectivity index (χ0n) is 17.3. The molecule has 1 N–H and O–H groups in total. The summed E-state index contributed by atoms with van der Waals surface area (Å²) in [4.78, 5) is 38.0. The molecule has 1 aliphatic rings. The molecular formula is C20H35NO6. The zero-order chi connectivity index (χ0) is 20.6. The predicted octanol–water partition coefficient (Wildman–Crippen LogP) is 3.99. The third kappa shape index (κ3) is 7.77. The Morgan fingerprint density at radius 1 is 1.15 bits per heavy atom. The molecule has 1 saturated carbocycles. The smallest absolute Gasteiger partial charge is 0.411 e. The van der Waals surface area contributed by atoms with Gasteiger partial charge in [0.1, 0.15) is 17.7 Å². The van der Waals surface area contributed by atoms with Gasteiger partial charge in [0, 0.05) is 0 Å². The highest BCUT2D eigenvalue weighted by Gasteiger charge is 2.39. The lowest BCUT2D eigenvalue weighted by Crippen LogP contribution is -2.54. The van der Waals surface area contributed by atoms with E-state index in [1.807, 2.05) is 0 Å². The number of rotatable bonds is 8. The Morgan fingerprint density at radius 2 is 1.74 bits per heavy atom. The lowest BCUT2D eigenvalue weighted by atomic mass is 9.85.